The summed E-state index contributed by atoms with van der Waals surface area (Å²) in [5, 5.41) is 0.860. The van der Waals surface area contributed by atoms with Crippen LogP contribution in [0, 0.1) is 0 Å². The number of anilines is 2. The number of para-hydroxylation sites is 1. The van der Waals surface area contributed by atoms with Crippen LogP contribution in [0.2, 0.25) is 0 Å². The highest BCUT2D eigenvalue weighted by Gasteiger charge is 2.30. The van der Waals surface area contributed by atoms with Gasteiger partial charge in [0.05, 0.1) is 24.8 Å². The lowest BCUT2D eigenvalue weighted by Crippen LogP contribution is -2.48. The number of sulfonamides is 1. The number of carbonyl (C=O) groups excluding carboxylic acids is 1. The molecule has 6 rings (SSSR count). The normalized spacial score (nSPS) is 15.7. The highest BCUT2D eigenvalue weighted by atomic mass is 32.2. The Balaban J connectivity index is 1.14. The molecule has 11 heteroatoms. The van der Waals surface area contributed by atoms with E-state index in [2.05, 4.69) is 4.90 Å². The number of carbonyl (C=O) groups is 1. The zero-order valence-corrected chi connectivity index (χ0v) is 24.0. The average molecular weight is 579 g/mol. The minimum absolute atomic E-state index is 0.112. The van der Waals surface area contributed by atoms with Gasteiger partial charge in [0.2, 0.25) is 0 Å². The summed E-state index contributed by atoms with van der Waals surface area (Å²) in [4.78, 5) is 22.2. The maximum Gasteiger partial charge on any atom is 0.264 e. The summed E-state index contributed by atoms with van der Waals surface area (Å²) in [6.07, 6.45) is 1.64. The van der Waals surface area contributed by atoms with Gasteiger partial charge in [-0.15, -0.1) is 0 Å². The van der Waals surface area contributed by atoms with Gasteiger partial charge in [-0.1, -0.05) is 29.5 Å². The van der Waals surface area contributed by atoms with Crippen LogP contribution in [0.4, 0.5) is 10.8 Å². The first-order valence-corrected chi connectivity index (χ1v) is 15.4. The highest BCUT2D eigenvalue weighted by Crippen LogP contribution is 2.40. The molecule has 0 N–H and O–H groups in total. The van der Waals surface area contributed by atoms with Crippen LogP contribution < -0.4 is 18.7 Å². The number of nitrogens with zero attached hydrogens (tertiary/aromatic N) is 4. The summed E-state index contributed by atoms with van der Waals surface area (Å²) in [7, 11) is -0.461. The SMILES string of the molecule is COc1ccc(OC)c2sc(N3CCN(C(=O)c4ccc(S(=O)(=O)N5CCCc6ccccc65)cc4)CC3)nc12. The predicted octanol–water partition coefficient (Wildman–Crippen LogP) is 4.42. The van der Waals surface area contributed by atoms with Crippen molar-refractivity contribution in [3.05, 3.63) is 71.8 Å². The van der Waals surface area contributed by atoms with Crippen LogP contribution in [0.3, 0.4) is 0 Å². The molecule has 4 aromatic rings. The van der Waals surface area contributed by atoms with Crippen molar-refractivity contribution in [2.24, 2.45) is 0 Å². The zero-order chi connectivity index (χ0) is 27.9. The first kappa shape index (κ1) is 26.4. The second kappa shape index (κ2) is 10.6. The summed E-state index contributed by atoms with van der Waals surface area (Å²) in [5.74, 6) is 1.34. The number of benzene rings is 3. The Bertz CT molecular complexity index is 1620. The Labute approximate surface area is 237 Å². The smallest absolute Gasteiger partial charge is 0.264 e. The van der Waals surface area contributed by atoms with Gasteiger partial charge in [-0.2, -0.15) is 0 Å². The van der Waals surface area contributed by atoms with Gasteiger partial charge in [-0.25, -0.2) is 13.4 Å². The van der Waals surface area contributed by atoms with Crippen molar-refractivity contribution in [3.63, 3.8) is 0 Å². The molecule has 208 valence electrons. The molecular weight excluding hydrogens is 548 g/mol. The molecule has 0 atom stereocenters. The molecule has 1 saturated heterocycles. The standard InChI is InChI=1S/C29H30N4O5S2/c1-37-24-13-14-25(38-2)27-26(24)30-29(39-27)32-18-16-31(17-19-32)28(34)21-9-11-22(12-10-21)40(35,36)33-15-5-7-20-6-3-4-8-23(20)33/h3-4,6,8-14H,5,7,15-19H2,1-2H3. The van der Waals surface area contributed by atoms with Gasteiger partial charge in [-0.3, -0.25) is 9.10 Å². The summed E-state index contributed by atoms with van der Waals surface area (Å²) >= 11 is 1.55. The number of hydrogen-bond donors (Lipinski definition) is 0. The van der Waals surface area contributed by atoms with Crippen molar-refractivity contribution < 1.29 is 22.7 Å². The number of amides is 1. The zero-order valence-electron chi connectivity index (χ0n) is 22.4. The Hall–Kier alpha value is -3.83. The third-order valence-electron chi connectivity index (χ3n) is 7.49. The fraction of sp³-hybridized carbons (Fsp3) is 0.310. The number of thiazole rings is 1. The number of fused-ring (bicyclic) bond motifs is 2. The maximum absolute atomic E-state index is 13.5. The van der Waals surface area contributed by atoms with Crippen molar-refractivity contribution in [1.29, 1.82) is 0 Å². The van der Waals surface area contributed by atoms with E-state index in [9.17, 15) is 13.2 Å². The summed E-state index contributed by atoms with van der Waals surface area (Å²) < 4.78 is 40.3. The van der Waals surface area contributed by atoms with Crippen LogP contribution in [-0.2, 0) is 16.4 Å². The lowest BCUT2D eigenvalue weighted by atomic mass is 10.0. The third-order valence-corrected chi connectivity index (χ3v) is 10.5. The lowest BCUT2D eigenvalue weighted by Gasteiger charge is -2.34. The molecule has 0 bridgehead atoms. The van der Waals surface area contributed by atoms with Gasteiger partial charge in [0, 0.05) is 38.3 Å². The van der Waals surface area contributed by atoms with Crippen LogP contribution in [0.5, 0.6) is 11.5 Å². The van der Waals surface area contributed by atoms with Gasteiger partial charge in [0.15, 0.2) is 5.13 Å². The van der Waals surface area contributed by atoms with Crippen molar-refractivity contribution in [2.75, 3.05) is 56.1 Å². The quantitative estimate of drug-likeness (QED) is 0.335. The minimum Gasteiger partial charge on any atom is -0.495 e. The fourth-order valence-corrected chi connectivity index (χ4v) is 8.01. The molecule has 9 nitrogen and oxygen atoms in total. The molecule has 0 unspecified atom stereocenters. The molecule has 2 aliphatic rings. The number of aryl methyl sites for hydroxylation is 1. The van der Waals surface area contributed by atoms with Gasteiger partial charge < -0.3 is 19.3 Å². The minimum atomic E-state index is -3.72. The lowest BCUT2D eigenvalue weighted by molar-refractivity contribution is 0.0746. The molecule has 0 aliphatic carbocycles. The molecule has 3 aromatic carbocycles. The van der Waals surface area contributed by atoms with Gasteiger partial charge in [-0.05, 0) is 60.9 Å². The van der Waals surface area contributed by atoms with E-state index in [-0.39, 0.29) is 10.8 Å². The summed E-state index contributed by atoms with van der Waals surface area (Å²) in [5.41, 5.74) is 3.01. The van der Waals surface area contributed by atoms with Gasteiger partial charge in [0.1, 0.15) is 21.7 Å². The summed E-state index contributed by atoms with van der Waals surface area (Å²) in [6.45, 7) is 2.79. The predicted molar refractivity (Wildman–Crippen MR) is 157 cm³/mol. The molecule has 2 aliphatic heterocycles. The van der Waals surface area contributed by atoms with E-state index in [0.29, 0.717) is 44.0 Å². The van der Waals surface area contributed by atoms with Crippen LogP contribution in [0.1, 0.15) is 22.3 Å². The highest BCUT2D eigenvalue weighted by molar-refractivity contribution is 7.92. The number of aromatic nitrogens is 1. The van der Waals surface area contributed by atoms with Gasteiger partial charge >= 0.3 is 0 Å². The molecule has 0 saturated carbocycles. The number of hydrogen-bond acceptors (Lipinski definition) is 8. The largest absolute Gasteiger partial charge is 0.495 e. The van der Waals surface area contributed by atoms with Crippen molar-refractivity contribution in [3.8, 4) is 11.5 Å². The van der Waals surface area contributed by atoms with Crippen LogP contribution >= 0.6 is 11.3 Å². The monoisotopic (exact) mass is 578 g/mol. The van der Waals surface area contributed by atoms with Crippen molar-refractivity contribution in [1.82, 2.24) is 9.88 Å². The fourth-order valence-electron chi connectivity index (χ4n) is 5.34. The van der Waals surface area contributed by atoms with E-state index in [1.807, 2.05) is 36.4 Å². The second-order valence-corrected chi connectivity index (χ2v) is 12.6. The maximum atomic E-state index is 13.5. The number of rotatable bonds is 6. The molecule has 40 heavy (non-hydrogen) atoms. The van der Waals surface area contributed by atoms with Crippen molar-refractivity contribution >= 4 is 48.3 Å². The van der Waals surface area contributed by atoms with E-state index >= 15 is 0 Å². The molecular formula is C29H30N4O5S2. The molecule has 0 spiro atoms. The van der Waals surface area contributed by atoms with Crippen molar-refractivity contribution in [2.45, 2.75) is 17.7 Å². The number of methoxy groups -OCH3 is 2. The Kier molecular flexibility index (Phi) is 7.01. The Morgan fingerprint density at radius 2 is 1.57 bits per heavy atom. The van der Waals surface area contributed by atoms with E-state index in [4.69, 9.17) is 14.5 Å². The average Bonchev–Trinajstić information content (AvgIpc) is 3.46. The third kappa shape index (κ3) is 4.62. The summed E-state index contributed by atoms with van der Waals surface area (Å²) in [6, 6.07) is 17.7. The Morgan fingerprint density at radius 1 is 0.875 bits per heavy atom. The topological polar surface area (TPSA) is 92.3 Å². The molecule has 1 fully saturated rings. The number of ether oxygens (including phenoxy) is 2. The number of piperazine rings is 1. The molecule has 0 radical (unpaired) electrons. The van der Waals surface area contributed by atoms with E-state index < -0.39 is 10.0 Å². The molecule has 3 heterocycles. The second-order valence-electron chi connectivity index (χ2n) is 9.76. The van der Waals surface area contributed by atoms with Crippen LogP contribution in [0.25, 0.3) is 10.2 Å². The first-order valence-electron chi connectivity index (χ1n) is 13.2. The molecule has 1 amide bonds. The van der Waals surface area contributed by atoms with Crippen LogP contribution in [0.15, 0.2) is 65.6 Å². The van der Waals surface area contributed by atoms with E-state index in [1.54, 1.807) is 42.6 Å². The van der Waals surface area contributed by atoms with Gasteiger partial charge in [0.25, 0.3) is 15.9 Å². The van der Waals surface area contributed by atoms with E-state index in [1.165, 1.54) is 16.4 Å². The van der Waals surface area contributed by atoms with E-state index in [0.717, 1.165) is 45.2 Å². The first-order chi connectivity index (χ1) is 19.4. The van der Waals surface area contributed by atoms with Crippen LogP contribution in [-0.4, -0.2) is 71.2 Å². The Morgan fingerprint density at radius 3 is 2.30 bits per heavy atom. The molecule has 1 aromatic heterocycles.